The van der Waals surface area contributed by atoms with Crippen molar-refractivity contribution in [3.63, 3.8) is 0 Å². The first-order valence-corrected chi connectivity index (χ1v) is 8.26. The molecular formula is C9H6Br2N2O2S2. The van der Waals surface area contributed by atoms with Crippen molar-refractivity contribution in [2.45, 2.75) is 4.21 Å². The van der Waals surface area contributed by atoms with Gasteiger partial charge in [-0.25, -0.2) is 13.4 Å². The van der Waals surface area contributed by atoms with Gasteiger partial charge in [-0.15, -0.1) is 11.3 Å². The molecule has 0 aromatic carbocycles. The third kappa shape index (κ3) is 3.27. The lowest BCUT2D eigenvalue weighted by atomic mass is 10.4. The number of hydrogen-bond donors (Lipinski definition) is 1. The van der Waals surface area contributed by atoms with Gasteiger partial charge in [0.15, 0.2) is 0 Å². The van der Waals surface area contributed by atoms with Gasteiger partial charge in [0.25, 0.3) is 10.0 Å². The van der Waals surface area contributed by atoms with E-state index in [1.165, 1.54) is 6.20 Å². The molecule has 0 radical (unpaired) electrons. The molecule has 2 heterocycles. The first-order valence-electron chi connectivity index (χ1n) is 4.37. The van der Waals surface area contributed by atoms with Gasteiger partial charge in [-0.1, -0.05) is 0 Å². The molecule has 4 nitrogen and oxygen atoms in total. The lowest BCUT2D eigenvalue weighted by Crippen LogP contribution is -2.11. The summed E-state index contributed by atoms with van der Waals surface area (Å²) in [5.74, 6) is 0. The van der Waals surface area contributed by atoms with Crippen molar-refractivity contribution in [3.05, 3.63) is 38.9 Å². The number of thiophene rings is 1. The first-order chi connectivity index (χ1) is 7.97. The third-order valence-electron chi connectivity index (χ3n) is 1.79. The number of nitrogens with one attached hydrogen (secondary N) is 1. The van der Waals surface area contributed by atoms with Crippen LogP contribution in [0.2, 0.25) is 0 Å². The Balaban J connectivity index is 2.26. The van der Waals surface area contributed by atoms with Crippen molar-refractivity contribution >= 4 is 58.9 Å². The molecule has 2 aromatic rings. The molecule has 2 rings (SSSR count). The van der Waals surface area contributed by atoms with Crippen LogP contribution in [0.5, 0.6) is 0 Å². The molecule has 0 atom stereocenters. The number of hydrogen-bond acceptors (Lipinski definition) is 4. The Morgan fingerprint density at radius 2 is 1.94 bits per heavy atom. The second kappa shape index (κ2) is 5.05. The van der Waals surface area contributed by atoms with Crippen LogP contribution < -0.4 is 4.72 Å². The second-order valence-electron chi connectivity index (χ2n) is 3.03. The molecule has 0 fully saturated rings. The van der Waals surface area contributed by atoms with E-state index in [1.54, 1.807) is 24.3 Å². The minimum atomic E-state index is -3.52. The molecule has 0 aliphatic rings. The smallest absolute Gasteiger partial charge is 0.271 e. The Morgan fingerprint density at radius 1 is 1.18 bits per heavy atom. The number of sulfonamides is 1. The molecule has 0 unspecified atom stereocenters. The van der Waals surface area contributed by atoms with E-state index in [2.05, 4.69) is 41.6 Å². The number of rotatable bonds is 3. The van der Waals surface area contributed by atoms with E-state index in [4.69, 9.17) is 0 Å². The maximum atomic E-state index is 11.9. The molecule has 0 saturated carbocycles. The summed E-state index contributed by atoms with van der Waals surface area (Å²) in [7, 11) is -3.52. The van der Waals surface area contributed by atoms with Crippen molar-refractivity contribution in [1.29, 1.82) is 0 Å². The third-order valence-corrected chi connectivity index (χ3v) is 5.76. The number of anilines is 1. The highest BCUT2D eigenvalue weighted by atomic mass is 79.9. The van der Waals surface area contributed by atoms with Crippen LogP contribution >= 0.6 is 43.2 Å². The highest BCUT2D eigenvalue weighted by Crippen LogP contribution is 2.27. The monoisotopic (exact) mass is 396 g/mol. The molecule has 0 amide bonds. The summed E-state index contributed by atoms with van der Waals surface area (Å²) in [6.07, 6.45) is 1.45. The van der Waals surface area contributed by atoms with Crippen LogP contribution in [0.15, 0.2) is 43.1 Å². The first kappa shape index (κ1) is 13.0. The van der Waals surface area contributed by atoms with Crippen LogP contribution in [0.25, 0.3) is 0 Å². The summed E-state index contributed by atoms with van der Waals surface area (Å²) < 4.78 is 28.0. The van der Waals surface area contributed by atoms with Crippen molar-refractivity contribution < 1.29 is 8.42 Å². The van der Waals surface area contributed by atoms with Crippen molar-refractivity contribution in [2.24, 2.45) is 0 Å². The Labute approximate surface area is 119 Å². The van der Waals surface area contributed by atoms with Crippen LogP contribution in [0.4, 0.5) is 5.69 Å². The van der Waals surface area contributed by atoms with Gasteiger partial charge in [-0.3, -0.25) is 4.72 Å². The fourth-order valence-electron chi connectivity index (χ4n) is 1.08. The molecule has 0 saturated heterocycles. The van der Waals surface area contributed by atoms with E-state index >= 15 is 0 Å². The normalized spacial score (nSPS) is 11.4. The van der Waals surface area contributed by atoms with E-state index in [0.29, 0.717) is 10.3 Å². The van der Waals surface area contributed by atoms with Gasteiger partial charge in [-0.2, -0.15) is 0 Å². The van der Waals surface area contributed by atoms with Crippen molar-refractivity contribution in [2.75, 3.05) is 4.72 Å². The van der Waals surface area contributed by atoms with Crippen LogP contribution in [0.3, 0.4) is 0 Å². The maximum Gasteiger partial charge on any atom is 0.271 e. The van der Waals surface area contributed by atoms with E-state index in [1.807, 2.05) is 0 Å². The Kier molecular flexibility index (Phi) is 3.86. The number of pyridine rings is 1. The average Bonchev–Trinajstić information content (AvgIpc) is 2.69. The number of nitrogens with zero attached hydrogens (tertiary/aromatic N) is 1. The Morgan fingerprint density at radius 3 is 2.47 bits per heavy atom. The molecule has 0 bridgehead atoms. The van der Waals surface area contributed by atoms with E-state index in [0.717, 1.165) is 15.1 Å². The standard InChI is InChI=1S/C9H6Br2N2O2S2/c10-7-2-1-6(5-12-7)13-17(14,15)9-4-3-8(11)16-9/h1-5,13H. The van der Waals surface area contributed by atoms with Crippen LogP contribution in [-0.4, -0.2) is 13.4 Å². The predicted octanol–water partition coefficient (Wildman–Crippen LogP) is 3.47. The van der Waals surface area contributed by atoms with Crippen LogP contribution in [0, 0.1) is 0 Å². The molecule has 2 aromatic heterocycles. The highest BCUT2D eigenvalue weighted by Gasteiger charge is 2.16. The van der Waals surface area contributed by atoms with Crippen molar-refractivity contribution in [1.82, 2.24) is 4.98 Å². The Bertz CT molecular complexity index is 623. The van der Waals surface area contributed by atoms with Gasteiger partial charge in [0.05, 0.1) is 15.7 Å². The second-order valence-corrected chi connectivity index (χ2v) is 8.22. The zero-order valence-corrected chi connectivity index (χ0v) is 13.0. The fourth-order valence-corrected chi connectivity index (χ4v) is 4.37. The summed E-state index contributed by atoms with van der Waals surface area (Å²) in [4.78, 5) is 3.95. The summed E-state index contributed by atoms with van der Waals surface area (Å²) >= 11 is 7.56. The SMILES string of the molecule is O=S(=O)(Nc1ccc(Br)nc1)c1ccc(Br)s1. The quantitative estimate of drug-likeness (QED) is 0.806. The van der Waals surface area contributed by atoms with Gasteiger partial charge >= 0.3 is 0 Å². The average molecular weight is 398 g/mol. The van der Waals surface area contributed by atoms with Gasteiger partial charge in [0.2, 0.25) is 0 Å². The van der Waals surface area contributed by atoms with Gasteiger partial charge < -0.3 is 0 Å². The minimum absolute atomic E-state index is 0.257. The van der Waals surface area contributed by atoms with Crippen LogP contribution in [0.1, 0.15) is 0 Å². The van der Waals surface area contributed by atoms with Gasteiger partial charge in [-0.05, 0) is 56.1 Å². The van der Waals surface area contributed by atoms with Gasteiger partial charge in [0.1, 0.15) is 8.81 Å². The molecule has 1 N–H and O–H groups in total. The zero-order chi connectivity index (χ0) is 12.5. The van der Waals surface area contributed by atoms with E-state index in [-0.39, 0.29) is 4.21 Å². The summed E-state index contributed by atoms with van der Waals surface area (Å²) in [6.45, 7) is 0. The summed E-state index contributed by atoms with van der Waals surface area (Å²) in [5.41, 5.74) is 0.428. The Hall–Kier alpha value is -0.440. The molecule has 0 aliphatic carbocycles. The highest BCUT2D eigenvalue weighted by molar-refractivity contribution is 9.11. The molecular weight excluding hydrogens is 392 g/mol. The maximum absolute atomic E-state index is 11.9. The van der Waals surface area contributed by atoms with Crippen molar-refractivity contribution in [3.8, 4) is 0 Å². The van der Waals surface area contributed by atoms with E-state index < -0.39 is 10.0 Å². The predicted molar refractivity (Wildman–Crippen MR) is 74.8 cm³/mol. The van der Waals surface area contributed by atoms with E-state index in [9.17, 15) is 8.42 Å². The molecule has 0 spiro atoms. The lowest BCUT2D eigenvalue weighted by Gasteiger charge is -2.05. The molecule has 8 heteroatoms. The van der Waals surface area contributed by atoms with Crippen LogP contribution in [-0.2, 0) is 10.0 Å². The summed E-state index contributed by atoms with van der Waals surface area (Å²) in [5, 5.41) is 0. The lowest BCUT2D eigenvalue weighted by molar-refractivity contribution is 0.603. The zero-order valence-electron chi connectivity index (χ0n) is 8.22. The summed E-state index contributed by atoms with van der Waals surface area (Å²) in [6, 6.07) is 6.54. The molecule has 0 aliphatic heterocycles. The number of halogens is 2. The minimum Gasteiger partial charge on any atom is -0.277 e. The van der Waals surface area contributed by atoms with Gasteiger partial charge in [0, 0.05) is 0 Å². The molecule has 17 heavy (non-hydrogen) atoms. The number of aromatic nitrogens is 1. The topological polar surface area (TPSA) is 59.1 Å². The largest absolute Gasteiger partial charge is 0.277 e. The fraction of sp³-hybridized carbons (Fsp3) is 0. The molecule has 90 valence electrons.